The maximum atomic E-state index is 8.61. The molecule has 0 amide bonds. The van der Waals surface area contributed by atoms with Gasteiger partial charge in [-0.25, -0.2) is 0 Å². The summed E-state index contributed by atoms with van der Waals surface area (Å²) in [5, 5.41) is 10.7. The third kappa shape index (κ3) is 4.88. The Kier molecular flexibility index (Phi) is 5.64. The molecular weight excluding hydrogens is 256 g/mol. The van der Waals surface area contributed by atoms with Crippen LogP contribution in [0.25, 0.3) is 0 Å². The monoisotopic (exact) mass is 272 g/mol. The smallest absolute Gasteiger partial charge is 0.104 e. The van der Waals surface area contributed by atoms with Crippen LogP contribution in [-0.4, -0.2) is 18.3 Å². The summed E-state index contributed by atoms with van der Waals surface area (Å²) in [5.74, 6) is 5.50. The molecule has 1 aromatic carbocycles. The van der Waals surface area contributed by atoms with Crippen LogP contribution in [0.3, 0.4) is 0 Å². The van der Waals surface area contributed by atoms with Crippen molar-refractivity contribution in [1.29, 1.82) is 0 Å². The first-order chi connectivity index (χ1) is 9.38. The highest BCUT2D eigenvalue weighted by Crippen LogP contribution is 2.10. The molecule has 2 aromatic rings. The molecule has 0 aliphatic carbocycles. The van der Waals surface area contributed by atoms with E-state index in [4.69, 9.17) is 9.84 Å². The van der Waals surface area contributed by atoms with Crippen molar-refractivity contribution in [2.24, 2.45) is 0 Å². The van der Waals surface area contributed by atoms with Crippen LogP contribution in [0.2, 0.25) is 0 Å². The van der Waals surface area contributed by atoms with Gasteiger partial charge in [0.05, 0.1) is 13.2 Å². The molecule has 19 heavy (non-hydrogen) atoms. The zero-order valence-electron chi connectivity index (χ0n) is 10.6. The van der Waals surface area contributed by atoms with Crippen LogP contribution in [0.5, 0.6) is 0 Å². The Morgan fingerprint density at radius 3 is 2.68 bits per heavy atom. The number of thiophene rings is 1. The Morgan fingerprint density at radius 2 is 2.00 bits per heavy atom. The maximum absolute atomic E-state index is 8.61. The summed E-state index contributed by atoms with van der Waals surface area (Å²) >= 11 is 1.76. The average molecular weight is 272 g/mol. The van der Waals surface area contributed by atoms with Crippen molar-refractivity contribution in [2.75, 3.05) is 13.2 Å². The summed E-state index contributed by atoms with van der Waals surface area (Å²) in [7, 11) is 0. The van der Waals surface area contributed by atoms with Crippen LogP contribution in [0.1, 0.15) is 16.0 Å². The summed E-state index contributed by atoms with van der Waals surface area (Å²) in [6.07, 6.45) is 0.970. The predicted octanol–water partition coefficient (Wildman–Crippen LogP) is 2.85. The number of aliphatic hydroxyl groups is 1. The Bertz CT molecular complexity index is 532. The lowest BCUT2D eigenvalue weighted by molar-refractivity contribution is 0.124. The molecule has 1 heterocycles. The van der Waals surface area contributed by atoms with Crippen molar-refractivity contribution in [3.63, 3.8) is 0 Å². The lowest BCUT2D eigenvalue weighted by Crippen LogP contribution is -1.97. The first-order valence-electron chi connectivity index (χ1n) is 6.17. The normalized spacial score (nSPS) is 9.95. The van der Waals surface area contributed by atoms with E-state index >= 15 is 0 Å². The second-order valence-corrected chi connectivity index (χ2v) is 5.07. The topological polar surface area (TPSA) is 29.5 Å². The molecule has 0 spiro atoms. The molecule has 0 aliphatic heterocycles. The second-order valence-electron chi connectivity index (χ2n) is 4.04. The van der Waals surface area contributed by atoms with Gasteiger partial charge in [-0.05, 0) is 29.1 Å². The first kappa shape index (κ1) is 13.8. The third-order valence-electron chi connectivity index (χ3n) is 2.61. The summed E-state index contributed by atoms with van der Waals surface area (Å²) in [4.78, 5) is 1.36. The number of hydrogen-bond donors (Lipinski definition) is 1. The van der Waals surface area contributed by atoms with Gasteiger partial charge in [-0.1, -0.05) is 30.0 Å². The van der Waals surface area contributed by atoms with Crippen molar-refractivity contribution >= 4 is 11.3 Å². The highest BCUT2D eigenvalue weighted by Gasteiger charge is 1.96. The molecule has 0 aliphatic rings. The Balaban J connectivity index is 1.74. The average Bonchev–Trinajstić information content (AvgIpc) is 2.96. The largest absolute Gasteiger partial charge is 0.384 e. The fraction of sp³-hybridized carbons (Fsp3) is 0.250. The molecule has 3 heteroatoms. The van der Waals surface area contributed by atoms with Gasteiger partial charge in [-0.15, -0.1) is 11.3 Å². The van der Waals surface area contributed by atoms with Gasteiger partial charge < -0.3 is 9.84 Å². The van der Waals surface area contributed by atoms with Crippen LogP contribution < -0.4 is 0 Å². The van der Waals surface area contributed by atoms with E-state index in [1.54, 1.807) is 11.3 Å². The Labute approximate surface area is 117 Å². The maximum Gasteiger partial charge on any atom is 0.104 e. The Morgan fingerprint density at radius 1 is 1.16 bits per heavy atom. The van der Waals surface area contributed by atoms with Crippen molar-refractivity contribution in [3.8, 4) is 11.8 Å². The summed E-state index contributed by atoms with van der Waals surface area (Å²) in [6, 6.07) is 12.1. The molecular formula is C16H16O2S. The number of ether oxygens (including phenoxy) is 1. The molecule has 1 N–H and O–H groups in total. The van der Waals surface area contributed by atoms with Crippen molar-refractivity contribution in [1.82, 2.24) is 0 Å². The number of hydrogen-bond acceptors (Lipinski definition) is 3. The van der Waals surface area contributed by atoms with E-state index in [1.807, 2.05) is 24.3 Å². The van der Waals surface area contributed by atoms with E-state index in [1.165, 1.54) is 4.88 Å². The minimum absolute atomic E-state index is 0.104. The Hall–Kier alpha value is -1.60. The van der Waals surface area contributed by atoms with Gasteiger partial charge in [0.1, 0.15) is 6.61 Å². The molecule has 0 saturated carbocycles. The van der Waals surface area contributed by atoms with Gasteiger partial charge in [-0.2, -0.15) is 0 Å². The van der Waals surface area contributed by atoms with Gasteiger partial charge in [-0.3, -0.25) is 0 Å². The minimum atomic E-state index is -0.104. The lowest BCUT2D eigenvalue weighted by atomic mass is 10.1. The van der Waals surface area contributed by atoms with Crippen LogP contribution in [0, 0.1) is 11.8 Å². The van der Waals surface area contributed by atoms with Crippen LogP contribution >= 0.6 is 11.3 Å². The van der Waals surface area contributed by atoms with Gasteiger partial charge in [0.15, 0.2) is 0 Å². The standard InChI is InChI=1S/C16H16O2S/c17-10-1-3-14-5-7-15(8-6-14)13-18-11-9-16-4-2-12-19-16/h2,4-8,12,17H,9-11,13H2. The predicted molar refractivity (Wildman–Crippen MR) is 78.1 cm³/mol. The zero-order valence-corrected chi connectivity index (χ0v) is 11.5. The highest BCUT2D eigenvalue weighted by atomic mass is 32.1. The molecule has 0 saturated heterocycles. The quantitative estimate of drug-likeness (QED) is 0.670. The molecule has 2 nitrogen and oxygen atoms in total. The van der Waals surface area contributed by atoms with E-state index in [0.29, 0.717) is 6.61 Å². The molecule has 2 rings (SSSR count). The first-order valence-corrected chi connectivity index (χ1v) is 7.05. The molecule has 1 aromatic heterocycles. The van der Waals surface area contributed by atoms with E-state index in [0.717, 1.165) is 24.2 Å². The van der Waals surface area contributed by atoms with Gasteiger partial charge >= 0.3 is 0 Å². The molecule has 0 fully saturated rings. The van der Waals surface area contributed by atoms with E-state index in [9.17, 15) is 0 Å². The van der Waals surface area contributed by atoms with E-state index in [2.05, 4.69) is 29.4 Å². The van der Waals surface area contributed by atoms with Gasteiger partial charge in [0.25, 0.3) is 0 Å². The fourth-order valence-corrected chi connectivity index (χ4v) is 2.33. The summed E-state index contributed by atoms with van der Waals surface area (Å²) < 4.78 is 5.64. The molecule has 0 bridgehead atoms. The number of rotatable bonds is 5. The fourth-order valence-electron chi connectivity index (χ4n) is 1.64. The highest BCUT2D eigenvalue weighted by molar-refractivity contribution is 7.09. The second kappa shape index (κ2) is 7.75. The van der Waals surface area contributed by atoms with Crippen LogP contribution in [0.15, 0.2) is 41.8 Å². The molecule has 0 atom stereocenters. The zero-order chi connectivity index (χ0) is 13.3. The van der Waals surface area contributed by atoms with Crippen molar-refractivity contribution < 1.29 is 9.84 Å². The summed E-state index contributed by atoms with van der Waals surface area (Å²) in [5.41, 5.74) is 2.05. The van der Waals surface area contributed by atoms with Crippen molar-refractivity contribution in [2.45, 2.75) is 13.0 Å². The third-order valence-corrected chi connectivity index (χ3v) is 3.54. The number of aliphatic hydroxyl groups excluding tert-OH is 1. The van der Waals surface area contributed by atoms with Crippen LogP contribution in [0.4, 0.5) is 0 Å². The summed E-state index contributed by atoms with van der Waals surface area (Å²) in [6.45, 7) is 1.26. The SMILES string of the molecule is OCC#Cc1ccc(COCCc2cccs2)cc1. The molecule has 98 valence electrons. The minimum Gasteiger partial charge on any atom is -0.384 e. The van der Waals surface area contributed by atoms with E-state index in [-0.39, 0.29) is 6.61 Å². The van der Waals surface area contributed by atoms with E-state index < -0.39 is 0 Å². The molecule has 0 unspecified atom stereocenters. The lowest BCUT2D eigenvalue weighted by Gasteiger charge is -2.03. The van der Waals surface area contributed by atoms with Crippen molar-refractivity contribution in [3.05, 3.63) is 57.8 Å². The number of benzene rings is 1. The van der Waals surface area contributed by atoms with Crippen LogP contribution in [-0.2, 0) is 17.8 Å². The van der Waals surface area contributed by atoms with Gasteiger partial charge in [0, 0.05) is 16.9 Å². The molecule has 0 radical (unpaired) electrons. The van der Waals surface area contributed by atoms with Gasteiger partial charge in [0.2, 0.25) is 0 Å².